The van der Waals surface area contributed by atoms with Crippen molar-refractivity contribution in [3.63, 3.8) is 0 Å². The second-order valence-corrected chi connectivity index (χ2v) is 6.38. The van der Waals surface area contributed by atoms with Crippen LogP contribution in [0.2, 0.25) is 0 Å². The third-order valence-electron chi connectivity index (χ3n) is 3.61. The zero-order valence-corrected chi connectivity index (χ0v) is 15.8. The van der Waals surface area contributed by atoms with E-state index in [9.17, 15) is 4.79 Å². The van der Waals surface area contributed by atoms with E-state index in [0.717, 1.165) is 22.4 Å². The lowest BCUT2D eigenvalue weighted by Gasteiger charge is -2.12. The number of aliphatic imine (C=N–C) groups is 1. The van der Waals surface area contributed by atoms with Gasteiger partial charge < -0.3 is 10.5 Å². The third kappa shape index (κ3) is 6.30. The molecule has 2 aromatic rings. The molecule has 0 unspecified atom stereocenters. The molecular weight excluding hydrogens is 344 g/mol. The summed E-state index contributed by atoms with van der Waals surface area (Å²) in [6.07, 6.45) is 2.15. The molecule has 0 aliphatic rings. The Morgan fingerprint density at radius 1 is 1.19 bits per heavy atom. The number of carbonyl (C=O) groups is 1. The number of thioether (sulfide) groups is 1. The van der Waals surface area contributed by atoms with Gasteiger partial charge in [-0.1, -0.05) is 54.1 Å². The monoisotopic (exact) mass is 366 g/mol. The fourth-order valence-corrected chi connectivity index (χ4v) is 2.53. The Labute approximate surface area is 158 Å². The minimum Gasteiger partial charge on any atom is -0.489 e. The Morgan fingerprint density at radius 3 is 2.65 bits per heavy atom. The average molecular weight is 366 g/mol. The Balaban J connectivity index is 2.20. The maximum Gasteiger partial charge on any atom is 0.209 e. The molecule has 0 atom stereocenters. The number of Topliss-reactive ketones (excluding diaryl/α,β-unsaturated/α-hetero) is 1. The van der Waals surface area contributed by atoms with Gasteiger partial charge in [0.1, 0.15) is 12.4 Å². The second-order valence-electron chi connectivity index (χ2n) is 5.55. The summed E-state index contributed by atoms with van der Waals surface area (Å²) < 4.78 is 5.97. The van der Waals surface area contributed by atoms with E-state index >= 15 is 0 Å². The molecule has 5 heteroatoms. The predicted octanol–water partition coefficient (Wildman–Crippen LogP) is 3.58. The molecule has 4 nitrogen and oxygen atoms in total. The minimum absolute atomic E-state index is 0.108. The Hall–Kier alpha value is -2.71. The van der Waals surface area contributed by atoms with Crippen LogP contribution >= 0.6 is 11.8 Å². The highest BCUT2D eigenvalue weighted by Gasteiger charge is 2.08. The zero-order valence-electron chi connectivity index (χ0n) is 15.0. The Kier molecular flexibility index (Phi) is 7.78. The summed E-state index contributed by atoms with van der Waals surface area (Å²) in [6.45, 7) is 2.52. The minimum atomic E-state index is -0.108. The molecule has 0 heterocycles. The van der Waals surface area contributed by atoms with Crippen molar-refractivity contribution in [2.45, 2.75) is 26.5 Å². The van der Waals surface area contributed by atoms with Crippen molar-refractivity contribution in [3.8, 4) is 17.6 Å². The van der Waals surface area contributed by atoms with Crippen LogP contribution in [0.5, 0.6) is 5.75 Å². The van der Waals surface area contributed by atoms with Crippen LogP contribution in [-0.4, -0.2) is 17.2 Å². The molecule has 0 spiro atoms. The van der Waals surface area contributed by atoms with Gasteiger partial charge >= 0.3 is 0 Å². The number of hydrogen-bond acceptors (Lipinski definition) is 4. The van der Waals surface area contributed by atoms with Gasteiger partial charge in [0, 0.05) is 12.0 Å². The van der Waals surface area contributed by atoms with Crippen molar-refractivity contribution in [2.75, 3.05) is 6.26 Å². The number of ether oxygens (including phenoxy) is 1. The van der Waals surface area contributed by atoms with Gasteiger partial charge in [-0.15, -0.1) is 0 Å². The van der Waals surface area contributed by atoms with Gasteiger partial charge in [0.15, 0.2) is 5.17 Å². The quantitative estimate of drug-likeness (QED) is 0.352. The first-order valence-corrected chi connectivity index (χ1v) is 9.43. The summed E-state index contributed by atoms with van der Waals surface area (Å²) in [5.41, 5.74) is 8.66. The lowest BCUT2D eigenvalue weighted by molar-refractivity contribution is -0.113. The van der Waals surface area contributed by atoms with E-state index in [1.165, 1.54) is 11.8 Å². The van der Waals surface area contributed by atoms with Crippen molar-refractivity contribution in [2.24, 2.45) is 10.7 Å². The van der Waals surface area contributed by atoms with Crippen molar-refractivity contribution < 1.29 is 9.53 Å². The first kappa shape index (κ1) is 19.6. The van der Waals surface area contributed by atoms with Gasteiger partial charge in [0.05, 0.1) is 6.54 Å². The molecule has 134 valence electrons. The number of rotatable bonds is 7. The summed E-state index contributed by atoms with van der Waals surface area (Å²) >= 11 is 1.40. The van der Waals surface area contributed by atoms with Crippen LogP contribution in [0.15, 0.2) is 53.5 Å². The highest BCUT2D eigenvalue weighted by Crippen LogP contribution is 2.23. The number of carbonyl (C=O) groups excluding carboxylic acids is 1. The van der Waals surface area contributed by atoms with Gasteiger partial charge in [-0.2, -0.15) is 0 Å². The van der Waals surface area contributed by atoms with Gasteiger partial charge in [-0.25, -0.2) is 0 Å². The third-order valence-corrected chi connectivity index (χ3v) is 4.15. The van der Waals surface area contributed by atoms with E-state index in [1.807, 2.05) is 54.8 Å². The highest BCUT2D eigenvalue weighted by molar-refractivity contribution is 8.13. The predicted molar refractivity (Wildman–Crippen MR) is 108 cm³/mol. The van der Waals surface area contributed by atoms with Gasteiger partial charge in [0.2, 0.25) is 5.78 Å². The first-order valence-electron chi connectivity index (χ1n) is 8.20. The van der Waals surface area contributed by atoms with Crippen LogP contribution in [-0.2, 0) is 24.4 Å². The number of benzene rings is 2. The molecule has 0 amide bonds. The van der Waals surface area contributed by atoms with Crippen LogP contribution in [0.4, 0.5) is 0 Å². The fraction of sp³-hybridized carbons (Fsp3) is 0.238. The van der Waals surface area contributed by atoms with Crippen molar-refractivity contribution in [1.29, 1.82) is 0 Å². The maximum atomic E-state index is 11.8. The first-order chi connectivity index (χ1) is 12.6. The largest absolute Gasteiger partial charge is 0.489 e. The normalized spacial score (nSPS) is 10.8. The lowest BCUT2D eigenvalue weighted by atomic mass is 10.0. The molecule has 2 N–H and O–H groups in total. The fourth-order valence-electron chi connectivity index (χ4n) is 2.34. The molecular formula is C21H22N2O2S. The van der Waals surface area contributed by atoms with E-state index in [-0.39, 0.29) is 12.2 Å². The highest BCUT2D eigenvalue weighted by atomic mass is 32.2. The number of ketones is 1. The van der Waals surface area contributed by atoms with E-state index in [0.29, 0.717) is 18.3 Å². The van der Waals surface area contributed by atoms with Crippen molar-refractivity contribution >= 4 is 22.7 Å². The molecule has 0 aliphatic heterocycles. The number of nitrogens with two attached hydrogens (primary N) is 1. The molecule has 0 fully saturated rings. The molecule has 26 heavy (non-hydrogen) atoms. The zero-order chi connectivity index (χ0) is 18.8. The maximum absolute atomic E-state index is 11.8. The van der Waals surface area contributed by atoms with E-state index in [4.69, 9.17) is 10.5 Å². The average Bonchev–Trinajstić information content (AvgIpc) is 2.66. The van der Waals surface area contributed by atoms with Gasteiger partial charge in [0.25, 0.3) is 0 Å². The van der Waals surface area contributed by atoms with Crippen LogP contribution in [0.25, 0.3) is 0 Å². The number of nitrogens with zero attached hydrogens (tertiary/aromatic N) is 1. The molecule has 0 saturated heterocycles. The summed E-state index contributed by atoms with van der Waals surface area (Å²) in [5, 5.41) is 0.511. The SMILES string of the molecule is CC#CC(=O)Cc1ccc(OCc2ccccc2)c(CN=C(N)SC)c1. The molecule has 0 aromatic heterocycles. The van der Waals surface area contributed by atoms with E-state index in [1.54, 1.807) is 6.92 Å². The molecule has 2 rings (SSSR count). The van der Waals surface area contributed by atoms with E-state index < -0.39 is 0 Å². The Morgan fingerprint density at radius 2 is 1.96 bits per heavy atom. The van der Waals surface area contributed by atoms with Gasteiger partial charge in [-0.3, -0.25) is 9.79 Å². The van der Waals surface area contributed by atoms with Crippen LogP contribution in [0.3, 0.4) is 0 Å². The Bertz CT molecular complexity index is 836. The van der Waals surface area contributed by atoms with Crippen molar-refractivity contribution in [1.82, 2.24) is 0 Å². The molecule has 2 aromatic carbocycles. The molecule has 0 saturated carbocycles. The van der Waals surface area contributed by atoms with Gasteiger partial charge in [-0.05, 0) is 42.4 Å². The topological polar surface area (TPSA) is 64.7 Å². The summed E-state index contributed by atoms with van der Waals surface area (Å²) in [6, 6.07) is 15.7. The van der Waals surface area contributed by atoms with Crippen molar-refractivity contribution in [3.05, 3.63) is 65.2 Å². The molecule has 0 radical (unpaired) electrons. The second kappa shape index (κ2) is 10.3. The van der Waals surface area contributed by atoms with Crippen LogP contribution in [0.1, 0.15) is 23.6 Å². The standard InChI is InChI=1S/C21H22N2O2S/c1-3-7-19(24)13-17-10-11-20(18(12-17)14-23-21(22)26-2)25-15-16-8-5-4-6-9-16/h4-6,8-12H,13-15H2,1-2H3,(H2,22,23). The van der Waals surface area contributed by atoms with Crippen LogP contribution in [0, 0.1) is 11.8 Å². The number of hydrogen-bond donors (Lipinski definition) is 1. The van der Waals surface area contributed by atoms with E-state index in [2.05, 4.69) is 16.8 Å². The summed E-state index contributed by atoms with van der Waals surface area (Å²) in [4.78, 5) is 16.1. The lowest BCUT2D eigenvalue weighted by Crippen LogP contribution is -2.07. The number of amidine groups is 1. The molecule has 0 aliphatic carbocycles. The van der Waals surface area contributed by atoms with Crippen LogP contribution < -0.4 is 10.5 Å². The molecule has 0 bridgehead atoms. The summed E-state index contributed by atoms with van der Waals surface area (Å²) in [5.74, 6) is 5.83. The summed E-state index contributed by atoms with van der Waals surface area (Å²) in [7, 11) is 0. The smallest absolute Gasteiger partial charge is 0.209 e.